The topological polar surface area (TPSA) is 43.1 Å². The molecule has 2 rings (SSSR count). The lowest BCUT2D eigenvalue weighted by Gasteiger charge is -2.14. The number of carbonyl (C=O) groups excluding carboxylic acids is 1. The maximum Gasteiger partial charge on any atom is 0.141 e. The first kappa shape index (κ1) is 12.2. The third kappa shape index (κ3) is 2.72. The van der Waals surface area contributed by atoms with E-state index in [4.69, 9.17) is 5.73 Å². The molecule has 92 valence electrons. The molecule has 17 heavy (non-hydrogen) atoms. The number of hydrogen-bond acceptors (Lipinski definition) is 2. The molecule has 1 fully saturated rings. The summed E-state index contributed by atoms with van der Waals surface area (Å²) in [6.07, 6.45) is 3.27. The smallest absolute Gasteiger partial charge is 0.141 e. The monoisotopic (exact) mass is 235 g/mol. The highest BCUT2D eigenvalue weighted by molar-refractivity contribution is 5.84. The molecule has 2 atom stereocenters. The predicted molar refractivity (Wildman–Crippen MR) is 65.2 cm³/mol. The normalized spacial score (nSPS) is 23.9. The summed E-state index contributed by atoms with van der Waals surface area (Å²) in [5.74, 6) is -0.0552. The van der Waals surface area contributed by atoms with E-state index in [0.29, 0.717) is 6.42 Å². The van der Waals surface area contributed by atoms with Crippen LogP contribution in [0.5, 0.6) is 0 Å². The van der Waals surface area contributed by atoms with Crippen molar-refractivity contribution >= 4 is 5.78 Å². The van der Waals surface area contributed by atoms with Crippen molar-refractivity contribution < 1.29 is 9.18 Å². The van der Waals surface area contributed by atoms with Gasteiger partial charge in [-0.15, -0.1) is 0 Å². The second-order valence-electron chi connectivity index (χ2n) is 4.92. The lowest BCUT2D eigenvalue weighted by molar-refractivity contribution is -0.122. The van der Waals surface area contributed by atoms with Gasteiger partial charge < -0.3 is 5.73 Å². The average molecular weight is 235 g/mol. The van der Waals surface area contributed by atoms with Crippen LogP contribution >= 0.6 is 0 Å². The van der Waals surface area contributed by atoms with Gasteiger partial charge in [0.25, 0.3) is 0 Å². The van der Waals surface area contributed by atoms with Crippen LogP contribution in [0.25, 0.3) is 0 Å². The Morgan fingerprint density at radius 2 is 2.24 bits per heavy atom. The Labute approximate surface area is 101 Å². The van der Waals surface area contributed by atoms with Crippen molar-refractivity contribution in [3.63, 3.8) is 0 Å². The molecule has 0 bridgehead atoms. The fourth-order valence-electron chi connectivity index (χ4n) is 2.56. The summed E-state index contributed by atoms with van der Waals surface area (Å²) in [4.78, 5) is 12.1. The second kappa shape index (κ2) is 4.96. The Morgan fingerprint density at radius 3 is 2.82 bits per heavy atom. The molecule has 2 unspecified atom stereocenters. The molecule has 0 aliphatic heterocycles. The Hall–Kier alpha value is -1.22. The summed E-state index contributed by atoms with van der Waals surface area (Å²) < 4.78 is 12.9. The van der Waals surface area contributed by atoms with Crippen LogP contribution < -0.4 is 5.73 Å². The van der Waals surface area contributed by atoms with Gasteiger partial charge >= 0.3 is 0 Å². The van der Waals surface area contributed by atoms with Crippen LogP contribution in [0.4, 0.5) is 4.39 Å². The zero-order valence-electron chi connectivity index (χ0n) is 10.1. The number of carbonyl (C=O) groups is 1. The lowest BCUT2D eigenvalue weighted by atomic mass is 9.92. The van der Waals surface area contributed by atoms with E-state index in [0.717, 1.165) is 30.4 Å². The molecular weight excluding hydrogens is 217 g/mol. The van der Waals surface area contributed by atoms with Gasteiger partial charge in [0, 0.05) is 18.4 Å². The summed E-state index contributed by atoms with van der Waals surface area (Å²) >= 11 is 0. The van der Waals surface area contributed by atoms with E-state index >= 15 is 0 Å². The summed E-state index contributed by atoms with van der Waals surface area (Å²) in [6, 6.07) is 4.59. The van der Waals surface area contributed by atoms with Gasteiger partial charge in [-0.1, -0.05) is 12.5 Å². The zero-order chi connectivity index (χ0) is 12.4. The molecule has 0 spiro atoms. The number of aryl methyl sites for hydroxylation is 1. The molecular formula is C14H18FNO. The molecule has 2 nitrogen and oxygen atoms in total. The van der Waals surface area contributed by atoms with Gasteiger partial charge in [0.1, 0.15) is 11.6 Å². The molecule has 1 aliphatic rings. The Bertz CT molecular complexity index is 430. The van der Waals surface area contributed by atoms with E-state index in [-0.39, 0.29) is 23.6 Å². The van der Waals surface area contributed by atoms with Gasteiger partial charge in [0.15, 0.2) is 0 Å². The molecule has 0 heterocycles. The van der Waals surface area contributed by atoms with Crippen molar-refractivity contribution in [1.82, 2.24) is 0 Å². The fraction of sp³-hybridized carbons (Fsp3) is 0.500. The minimum atomic E-state index is -0.253. The molecule has 3 heteroatoms. The fourth-order valence-corrected chi connectivity index (χ4v) is 2.56. The van der Waals surface area contributed by atoms with Crippen LogP contribution in [-0.4, -0.2) is 11.8 Å². The Morgan fingerprint density at radius 1 is 1.47 bits per heavy atom. The first-order valence-corrected chi connectivity index (χ1v) is 6.11. The van der Waals surface area contributed by atoms with Gasteiger partial charge in [0.05, 0.1) is 0 Å². The van der Waals surface area contributed by atoms with Crippen LogP contribution in [0.15, 0.2) is 18.2 Å². The molecule has 1 aliphatic carbocycles. The van der Waals surface area contributed by atoms with Crippen LogP contribution in [0.3, 0.4) is 0 Å². The predicted octanol–water partition coefficient (Wildman–Crippen LogP) is 2.37. The average Bonchev–Trinajstić information content (AvgIpc) is 2.68. The van der Waals surface area contributed by atoms with Crippen LogP contribution in [0.1, 0.15) is 30.4 Å². The standard InChI is InChI=1S/C14H18FNO/c1-9-7-11(15)6-5-10(9)8-14(17)12-3-2-4-13(12)16/h5-7,12-13H,2-4,8,16H2,1H3. The van der Waals surface area contributed by atoms with Crippen molar-refractivity contribution in [3.8, 4) is 0 Å². The van der Waals surface area contributed by atoms with Crippen molar-refractivity contribution in [2.45, 2.75) is 38.6 Å². The number of Topliss-reactive ketones (excluding diaryl/α,β-unsaturated/α-hetero) is 1. The van der Waals surface area contributed by atoms with Gasteiger partial charge in [-0.05, 0) is 43.0 Å². The van der Waals surface area contributed by atoms with Gasteiger partial charge in [-0.2, -0.15) is 0 Å². The molecule has 0 amide bonds. The third-order valence-electron chi connectivity index (χ3n) is 3.65. The maximum atomic E-state index is 12.9. The zero-order valence-corrected chi connectivity index (χ0v) is 10.1. The van der Waals surface area contributed by atoms with Crippen LogP contribution in [-0.2, 0) is 11.2 Å². The summed E-state index contributed by atoms with van der Waals surface area (Å²) in [5.41, 5.74) is 7.67. The van der Waals surface area contributed by atoms with E-state index in [1.165, 1.54) is 12.1 Å². The summed E-state index contributed by atoms with van der Waals surface area (Å²) in [5, 5.41) is 0. The molecule has 1 aromatic carbocycles. The maximum absolute atomic E-state index is 12.9. The van der Waals surface area contributed by atoms with E-state index in [1.807, 2.05) is 6.92 Å². The quantitative estimate of drug-likeness (QED) is 0.874. The largest absolute Gasteiger partial charge is 0.327 e. The second-order valence-corrected chi connectivity index (χ2v) is 4.92. The Balaban J connectivity index is 2.07. The molecule has 0 saturated heterocycles. The molecule has 0 radical (unpaired) electrons. The van der Waals surface area contributed by atoms with Gasteiger partial charge in [-0.3, -0.25) is 4.79 Å². The highest BCUT2D eigenvalue weighted by Gasteiger charge is 2.29. The number of nitrogens with two attached hydrogens (primary N) is 1. The molecule has 1 aromatic rings. The lowest BCUT2D eigenvalue weighted by Crippen LogP contribution is -2.31. The number of hydrogen-bond donors (Lipinski definition) is 1. The number of benzene rings is 1. The van der Waals surface area contributed by atoms with E-state index < -0.39 is 0 Å². The van der Waals surface area contributed by atoms with E-state index in [1.54, 1.807) is 6.07 Å². The number of rotatable bonds is 3. The SMILES string of the molecule is Cc1cc(F)ccc1CC(=O)C1CCCC1N. The van der Waals surface area contributed by atoms with Gasteiger partial charge in [0.2, 0.25) is 0 Å². The highest BCUT2D eigenvalue weighted by Crippen LogP contribution is 2.26. The van der Waals surface area contributed by atoms with Crippen LogP contribution in [0, 0.1) is 18.7 Å². The summed E-state index contributed by atoms with van der Waals surface area (Å²) in [7, 11) is 0. The Kier molecular flexibility index (Phi) is 3.57. The minimum absolute atomic E-state index is 0.000506. The third-order valence-corrected chi connectivity index (χ3v) is 3.65. The number of halogens is 1. The van der Waals surface area contributed by atoms with Crippen molar-refractivity contribution in [3.05, 3.63) is 35.1 Å². The molecule has 1 saturated carbocycles. The van der Waals surface area contributed by atoms with Crippen molar-refractivity contribution in [2.24, 2.45) is 11.7 Å². The summed E-state index contributed by atoms with van der Waals surface area (Å²) in [6.45, 7) is 1.83. The van der Waals surface area contributed by atoms with Crippen LogP contribution in [0.2, 0.25) is 0 Å². The minimum Gasteiger partial charge on any atom is -0.327 e. The molecule has 2 N–H and O–H groups in total. The van der Waals surface area contributed by atoms with Crippen molar-refractivity contribution in [1.29, 1.82) is 0 Å². The van der Waals surface area contributed by atoms with E-state index in [2.05, 4.69) is 0 Å². The highest BCUT2D eigenvalue weighted by atomic mass is 19.1. The van der Waals surface area contributed by atoms with Gasteiger partial charge in [-0.25, -0.2) is 4.39 Å². The van der Waals surface area contributed by atoms with E-state index in [9.17, 15) is 9.18 Å². The molecule has 0 aromatic heterocycles. The first-order chi connectivity index (χ1) is 8.08. The van der Waals surface area contributed by atoms with Crippen molar-refractivity contribution in [2.75, 3.05) is 0 Å². The first-order valence-electron chi connectivity index (χ1n) is 6.11. The number of ketones is 1.